The number of esters is 1. The Kier molecular flexibility index (Phi) is 3.57. The molecule has 7 nitrogen and oxygen atoms in total. The minimum atomic E-state index is -0.998. The molecule has 23 heavy (non-hydrogen) atoms. The number of aromatic nitrogens is 3. The number of nitrogens with zero attached hydrogens (tertiary/aromatic N) is 2. The normalized spacial score (nSPS) is 10.7. The Morgan fingerprint density at radius 2 is 1.96 bits per heavy atom. The van der Waals surface area contributed by atoms with E-state index in [4.69, 9.17) is 4.74 Å². The van der Waals surface area contributed by atoms with E-state index >= 15 is 0 Å². The molecule has 0 spiro atoms. The first-order valence-electron chi connectivity index (χ1n) is 6.59. The zero-order valence-electron chi connectivity index (χ0n) is 12.3. The van der Waals surface area contributed by atoms with Crippen LogP contribution in [0.4, 0.5) is 4.39 Å². The average Bonchev–Trinajstić information content (AvgIpc) is 3.01. The molecular weight excluding hydrogens is 305 g/mol. The van der Waals surface area contributed by atoms with Crippen LogP contribution < -0.4 is 10.3 Å². The summed E-state index contributed by atoms with van der Waals surface area (Å²) in [6, 6.07) is 6.46. The molecule has 0 unspecified atom stereocenters. The third-order valence-corrected chi connectivity index (χ3v) is 3.40. The molecular formula is C15H12FN3O4. The molecule has 3 rings (SSSR count). The van der Waals surface area contributed by atoms with Crippen molar-refractivity contribution in [2.24, 2.45) is 0 Å². The van der Waals surface area contributed by atoms with Crippen LogP contribution >= 0.6 is 0 Å². The Morgan fingerprint density at radius 1 is 1.26 bits per heavy atom. The zero-order chi connectivity index (χ0) is 16.6. The molecule has 8 heteroatoms. The maximum atomic E-state index is 14.3. The number of nitrogens with one attached hydrogen (secondary N) is 1. The summed E-state index contributed by atoms with van der Waals surface area (Å²) in [6.07, 6.45) is 1.15. The second-order valence-electron chi connectivity index (χ2n) is 4.66. The van der Waals surface area contributed by atoms with Crippen molar-refractivity contribution in [2.75, 3.05) is 14.2 Å². The van der Waals surface area contributed by atoms with Gasteiger partial charge in [0.25, 0.3) is 0 Å². The Balaban J connectivity index is 2.25. The van der Waals surface area contributed by atoms with Crippen molar-refractivity contribution in [1.29, 1.82) is 0 Å². The average molecular weight is 317 g/mol. The molecule has 0 fully saturated rings. The Labute approximate surface area is 129 Å². The van der Waals surface area contributed by atoms with Crippen LogP contribution in [0.15, 0.2) is 35.3 Å². The van der Waals surface area contributed by atoms with E-state index in [2.05, 4.69) is 14.8 Å². The van der Waals surface area contributed by atoms with E-state index in [1.54, 1.807) is 24.3 Å². The molecule has 0 aliphatic heterocycles. The molecule has 0 saturated carbocycles. The van der Waals surface area contributed by atoms with Gasteiger partial charge in [-0.1, -0.05) is 0 Å². The van der Waals surface area contributed by atoms with Crippen molar-refractivity contribution in [3.63, 3.8) is 0 Å². The molecule has 0 saturated heterocycles. The molecule has 2 aromatic heterocycles. The Hall–Kier alpha value is -3.16. The predicted octanol–water partition coefficient (Wildman–Crippen LogP) is 1.62. The van der Waals surface area contributed by atoms with Crippen molar-refractivity contribution in [3.05, 3.63) is 52.2 Å². The first-order chi connectivity index (χ1) is 11.1. The lowest BCUT2D eigenvalue weighted by molar-refractivity contribution is 0.0602. The first kappa shape index (κ1) is 14.8. The first-order valence-corrected chi connectivity index (χ1v) is 6.59. The maximum Gasteiger partial charge on any atom is 0.343 e. The van der Waals surface area contributed by atoms with Gasteiger partial charge in [-0.25, -0.2) is 4.79 Å². The summed E-state index contributed by atoms with van der Waals surface area (Å²) in [5, 5.41) is 3.72. The molecule has 0 aliphatic carbocycles. The van der Waals surface area contributed by atoms with Crippen LogP contribution in [0.1, 0.15) is 10.4 Å². The standard InChI is InChI=1S/C15H12FN3O4/c1-22-9-5-3-8(4-6-9)12-11(16)14(20)19-13(18-12)10(7-17-19)15(21)23-2/h3-7,18H,1-2H3. The van der Waals surface area contributed by atoms with E-state index in [0.717, 1.165) is 10.7 Å². The molecule has 0 atom stereocenters. The highest BCUT2D eigenvalue weighted by molar-refractivity contribution is 5.95. The predicted molar refractivity (Wildman–Crippen MR) is 79.1 cm³/mol. The molecule has 0 bridgehead atoms. The minimum Gasteiger partial charge on any atom is -0.497 e. The number of carbonyl (C=O) groups excluding carboxylic acids is 1. The minimum absolute atomic E-state index is 0.0411. The Bertz CT molecular complexity index is 944. The molecule has 2 heterocycles. The molecule has 118 valence electrons. The van der Waals surface area contributed by atoms with Gasteiger partial charge in [0.2, 0.25) is 5.82 Å². The molecule has 1 aromatic carbocycles. The van der Waals surface area contributed by atoms with Crippen molar-refractivity contribution in [1.82, 2.24) is 14.6 Å². The number of fused-ring (bicyclic) bond motifs is 1. The van der Waals surface area contributed by atoms with Crippen LogP contribution in [0.25, 0.3) is 16.9 Å². The second kappa shape index (κ2) is 5.56. The number of halogens is 1. The van der Waals surface area contributed by atoms with Gasteiger partial charge >= 0.3 is 11.5 Å². The van der Waals surface area contributed by atoms with Gasteiger partial charge in [-0.2, -0.15) is 14.0 Å². The van der Waals surface area contributed by atoms with Crippen LogP contribution in [0, 0.1) is 5.82 Å². The van der Waals surface area contributed by atoms with Crippen LogP contribution in [-0.2, 0) is 4.74 Å². The van der Waals surface area contributed by atoms with Gasteiger partial charge < -0.3 is 14.5 Å². The summed E-state index contributed by atoms with van der Waals surface area (Å²) in [5.74, 6) is -1.08. The third-order valence-electron chi connectivity index (χ3n) is 3.40. The third kappa shape index (κ3) is 2.33. The highest BCUT2D eigenvalue weighted by atomic mass is 19.1. The summed E-state index contributed by atoms with van der Waals surface area (Å²) < 4.78 is 24.8. The van der Waals surface area contributed by atoms with Crippen molar-refractivity contribution >= 4 is 11.6 Å². The van der Waals surface area contributed by atoms with Crippen LogP contribution in [0.2, 0.25) is 0 Å². The molecule has 0 amide bonds. The van der Waals surface area contributed by atoms with Crippen LogP contribution in [-0.4, -0.2) is 34.8 Å². The van der Waals surface area contributed by atoms with E-state index in [-0.39, 0.29) is 16.9 Å². The topological polar surface area (TPSA) is 85.7 Å². The number of hydrogen-bond acceptors (Lipinski definition) is 5. The summed E-state index contributed by atoms with van der Waals surface area (Å²) in [7, 11) is 2.72. The van der Waals surface area contributed by atoms with Crippen molar-refractivity contribution < 1.29 is 18.7 Å². The second-order valence-corrected chi connectivity index (χ2v) is 4.66. The quantitative estimate of drug-likeness (QED) is 0.742. The monoisotopic (exact) mass is 317 g/mol. The van der Waals surface area contributed by atoms with Gasteiger partial charge in [0, 0.05) is 5.56 Å². The molecule has 3 aromatic rings. The maximum absolute atomic E-state index is 14.3. The van der Waals surface area contributed by atoms with Crippen LogP contribution in [0.5, 0.6) is 5.75 Å². The van der Waals surface area contributed by atoms with Gasteiger partial charge in [-0.05, 0) is 24.3 Å². The smallest absolute Gasteiger partial charge is 0.343 e. The van der Waals surface area contributed by atoms with Gasteiger partial charge in [-0.15, -0.1) is 0 Å². The van der Waals surface area contributed by atoms with Gasteiger partial charge in [0.1, 0.15) is 11.3 Å². The molecule has 1 N–H and O–H groups in total. The van der Waals surface area contributed by atoms with Crippen LogP contribution in [0.3, 0.4) is 0 Å². The molecule has 0 radical (unpaired) electrons. The van der Waals surface area contributed by atoms with Crippen molar-refractivity contribution in [3.8, 4) is 17.0 Å². The van der Waals surface area contributed by atoms with E-state index in [0.29, 0.717) is 11.3 Å². The lowest BCUT2D eigenvalue weighted by atomic mass is 10.1. The summed E-state index contributed by atoms with van der Waals surface area (Å²) in [6.45, 7) is 0. The van der Waals surface area contributed by atoms with Gasteiger partial charge in [0.05, 0.1) is 26.1 Å². The Morgan fingerprint density at radius 3 is 2.57 bits per heavy atom. The van der Waals surface area contributed by atoms with E-state index in [1.807, 2.05) is 0 Å². The largest absolute Gasteiger partial charge is 0.497 e. The number of carbonyl (C=O) groups is 1. The number of H-pyrrole nitrogens is 1. The molecule has 0 aliphatic rings. The number of hydrogen-bond donors (Lipinski definition) is 1. The van der Waals surface area contributed by atoms with E-state index < -0.39 is 17.3 Å². The summed E-state index contributed by atoms with van der Waals surface area (Å²) >= 11 is 0. The van der Waals surface area contributed by atoms with Crippen molar-refractivity contribution in [2.45, 2.75) is 0 Å². The number of ether oxygens (including phenoxy) is 2. The lowest BCUT2D eigenvalue weighted by Crippen LogP contribution is -2.20. The van der Waals surface area contributed by atoms with E-state index in [1.165, 1.54) is 14.2 Å². The fourth-order valence-electron chi connectivity index (χ4n) is 2.21. The number of aromatic amines is 1. The SMILES string of the molecule is COC(=O)c1cnn2c(=O)c(F)c(-c3ccc(OC)cc3)[nH]c12. The number of methoxy groups -OCH3 is 2. The fourth-order valence-corrected chi connectivity index (χ4v) is 2.21. The highest BCUT2D eigenvalue weighted by Gasteiger charge is 2.20. The fraction of sp³-hybridized carbons (Fsp3) is 0.133. The van der Waals surface area contributed by atoms with Gasteiger partial charge in [0.15, 0.2) is 5.65 Å². The van der Waals surface area contributed by atoms with Gasteiger partial charge in [-0.3, -0.25) is 4.79 Å². The summed E-state index contributed by atoms with van der Waals surface area (Å²) in [4.78, 5) is 26.5. The summed E-state index contributed by atoms with van der Waals surface area (Å²) in [5.41, 5.74) is -0.469. The highest BCUT2D eigenvalue weighted by Crippen LogP contribution is 2.23. The zero-order valence-corrected chi connectivity index (χ0v) is 12.3. The van der Waals surface area contributed by atoms with E-state index in [9.17, 15) is 14.0 Å². The number of benzene rings is 1. The lowest BCUT2D eigenvalue weighted by Gasteiger charge is -2.06. The number of rotatable bonds is 3.